The molecule has 1 saturated carbocycles. The number of nitrogens with zero attached hydrogens (tertiary/aromatic N) is 2. The largest absolute Gasteiger partial charge is 0.448 e. The van der Waals surface area contributed by atoms with Crippen LogP contribution in [0.1, 0.15) is 32.6 Å². The predicted octanol–water partition coefficient (Wildman–Crippen LogP) is 2.09. The molecule has 1 aliphatic heterocycles. The Kier molecular flexibility index (Phi) is 4.52. The summed E-state index contributed by atoms with van der Waals surface area (Å²) in [6.45, 7) is 3.45. The van der Waals surface area contributed by atoms with Crippen LogP contribution in [0.25, 0.3) is 0 Å². The SMILES string of the molecule is CC1CCC2(CC1)CN(C(=O)OCCN(C)C)C(=O)O2. The average molecular weight is 284 g/mol. The molecule has 0 aromatic carbocycles. The Morgan fingerprint density at radius 1 is 1.45 bits per heavy atom. The minimum atomic E-state index is -0.590. The predicted molar refractivity (Wildman–Crippen MR) is 73.5 cm³/mol. The summed E-state index contributed by atoms with van der Waals surface area (Å²) in [5, 5.41) is 0. The zero-order valence-electron chi connectivity index (χ0n) is 12.6. The van der Waals surface area contributed by atoms with Crippen LogP contribution >= 0.6 is 0 Å². The van der Waals surface area contributed by atoms with Gasteiger partial charge in [0.1, 0.15) is 12.2 Å². The molecule has 1 saturated heterocycles. The van der Waals surface area contributed by atoms with E-state index in [0.29, 0.717) is 19.0 Å². The smallest absolute Gasteiger partial charge is 0.420 e. The van der Waals surface area contributed by atoms with Crippen LogP contribution in [0.2, 0.25) is 0 Å². The van der Waals surface area contributed by atoms with Gasteiger partial charge in [0.15, 0.2) is 0 Å². The van der Waals surface area contributed by atoms with Gasteiger partial charge in [0, 0.05) is 6.54 Å². The number of hydrogen-bond acceptors (Lipinski definition) is 5. The van der Waals surface area contributed by atoms with Crippen molar-refractivity contribution in [3.8, 4) is 0 Å². The van der Waals surface area contributed by atoms with Gasteiger partial charge in [-0.3, -0.25) is 0 Å². The highest BCUT2D eigenvalue weighted by Crippen LogP contribution is 2.39. The van der Waals surface area contributed by atoms with Crippen molar-refractivity contribution in [2.75, 3.05) is 33.8 Å². The normalized spacial score (nSPS) is 29.9. The maximum atomic E-state index is 11.9. The lowest BCUT2D eigenvalue weighted by Crippen LogP contribution is -2.40. The molecule has 6 heteroatoms. The molecule has 0 aromatic heterocycles. The number of likely N-dealkylation sites (N-methyl/N-ethyl adjacent to an activating group) is 1. The van der Waals surface area contributed by atoms with E-state index in [0.717, 1.165) is 30.6 Å². The minimum Gasteiger partial charge on any atom is -0.448 e. The first-order valence-corrected chi connectivity index (χ1v) is 7.24. The van der Waals surface area contributed by atoms with Gasteiger partial charge in [-0.1, -0.05) is 6.92 Å². The molecule has 1 spiro atoms. The van der Waals surface area contributed by atoms with E-state index in [4.69, 9.17) is 9.47 Å². The monoisotopic (exact) mass is 284 g/mol. The summed E-state index contributed by atoms with van der Waals surface area (Å²) in [5.74, 6) is 0.667. The van der Waals surface area contributed by atoms with Crippen molar-refractivity contribution in [2.45, 2.75) is 38.2 Å². The molecule has 6 nitrogen and oxygen atoms in total. The van der Waals surface area contributed by atoms with E-state index in [-0.39, 0.29) is 6.61 Å². The van der Waals surface area contributed by atoms with Crippen LogP contribution in [-0.4, -0.2) is 61.4 Å². The summed E-state index contributed by atoms with van der Waals surface area (Å²) in [6, 6.07) is 0. The van der Waals surface area contributed by atoms with Crippen molar-refractivity contribution in [3.63, 3.8) is 0 Å². The first-order valence-electron chi connectivity index (χ1n) is 7.24. The van der Waals surface area contributed by atoms with Crippen LogP contribution in [0.4, 0.5) is 9.59 Å². The molecule has 2 rings (SSSR count). The second kappa shape index (κ2) is 5.99. The molecule has 20 heavy (non-hydrogen) atoms. The summed E-state index contributed by atoms with van der Waals surface area (Å²) >= 11 is 0. The van der Waals surface area contributed by atoms with Crippen molar-refractivity contribution in [1.82, 2.24) is 9.80 Å². The molecule has 2 aliphatic rings. The number of carbonyl (C=O) groups excluding carboxylic acids is 2. The number of rotatable bonds is 3. The summed E-state index contributed by atoms with van der Waals surface area (Å²) in [4.78, 5) is 26.8. The summed E-state index contributed by atoms with van der Waals surface area (Å²) < 4.78 is 10.6. The Bertz CT molecular complexity index is 375. The third-order valence-corrected chi connectivity index (χ3v) is 4.14. The lowest BCUT2D eigenvalue weighted by molar-refractivity contribution is 0.0153. The average Bonchev–Trinajstić information content (AvgIpc) is 2.70. The number of carbonyl (C=O) groups is 2. The first kappa shape index (κ1) is 15.1. The van der Waals surface area contributed by atoms with Crippen molar-refractivity contribution < 1.29 is 19.1 Å². The van der Waals surface area contributed by atoms with Crippen molar-refractivity contribution in [2.24, 2.45) is 5.92 Å². The molecule has 1 heterocycles. The van der Waals surface area contributed by atoms with Crippen LogP contribution < -0.4 is 0 Å². The molecule has 0 radical (unpaired) electrons. The maximum Gasteiger partial charge on any atom is 0.420 e. The molecular weight excluding hydrogens is 260 g/mol. The molecule has 2 amide bonds. The number of amides is 2. The third kappa shape index (κ3) is 3.42. The highest BCUT2D eigenvalue weighted by Gasteiger charge is 2.49. The van der Waals surface area contributed by atoms with E-state index in [9.17, 15) is 9.59 Å². The van der Waals surface area contributed by atoms with Crippen LogP contribution in [0, 0.1) is 5.92 Å². The third-order valence-electron chi connectivity index (χ3n) is 4.14. The van der Waals surface area contributed by atoms with Gasteiger partial charge in [-0.25, -0.2) is 14.5 Å². The van der Waals surface area contributed by atoms with Gasteiger partial charge in [0.2, 0.25) is 0 Å². The highest BCUT2D eigenvalue weighted by molar-refractivity contribution is 5.89. The first-order chi connectivity index (χ1) is 9.42. The van der Waals surface area contributed by atoms with Crippen molar-refractivity contribution >= 4 is 12.2 Å². The number of hydrogen-bond donors (Lipinski definition) is 0. The molecule has 114 valence electrons. The van der Waals surface area contributed by atoms with Gasteiger partial charge in [-0.05, 0) is 45.7 Å². The second-order valence-electron chi connectivity index (χ2n) is 6.24. The van der Waals surface area contributed by atoms with Crippen LogP contribution in [0.3, 0.4) is 0 Å². The number of imide groups is 1. The van der Waals surface area contributed by atoms with Crippen molar-refractivity contribution in [3.05, 3.63) is 0 Å². The maximum absolute atomic E-state index is 11.9. The molecule has 0 unspecified atom stereocenters. The zero-order chi connectivity index (χ0) is 14.8. The van der Waals surface area contributed by atoms with Gasteiger partial charge in [-0.2, -0.15) is 0 Å². The summed E-state index contributed by atoms with van der Waals surface area (Å²) in [6.07, 6.45) is 2.60. The summed E-state index contributed by atoms with van der Waals surface area (Å²) in [5.41, 5.74) is -0.468. The van der Waals surface area contributed by atoms with E-state index in [1.54, 1.807) is 0 Å². The number of ether oxygens (including phenoxy) is 2. The quantitative estimate of drug-likeness (QED) is 0.794. The van der Waals surface area contributed by atoms with Gasteiger partial charge in [-0.15, -0.1) is 0 Å². The Labute approximate surface area is 120 Å². The topological polar surface area (TPSA) is 59.1 Å². The molecule has 2 fully saturated rings. The van der Waals surface area contributed by atoms with Gasteiger partial charge < -0.3 is 14.4 Å². The van der Waals surface area contributed by atoms with Crippen molar-refractivity contribution in [1.29, 1.82) is 0 Å². The zero-order valence-corrected chi connectivity index (χ0v) is 12.6. The van der Waals surface area contributed by atoms with Gasteiger partial charge in [0.05, 0.1) is 6.54 Å². The second-order valence-corrected chi connectivity index (χ2v) is 6.24. The minimum absolute atomic E-state index is 0.277. The fourth-order valence-corrected chi connectivity index (χ4v) is 2.71. The Hall–Kier alpha value is -1.30. The van der Waals surface area contributed by atoms with Crippen LogP contribution in [-0.2, 0) is 9.47 Å². The molecule has 0 N–H and O–H groups in total. The lowest BCUT2D eigenvalue weighted by Gasteiger charge is -2.33. The van der Waals surface area contributed by atoms with E-state index in [2.05, 4.69) is 6.92 Å². The Morgan fingerprint density at radius 2 is 2.10 bits per heavy atom. The van der Waals surface area contributed by atoms with Crippen LogP contribution in [0.5, 0.6) is 0 Å². The molecule has 0 atom stereocenters. The highest BCUT2D eigenvalue weighted by atomic mass is 16.6. The Morgan fingerprint density at radius 3 is 2.70 bits per heavy atom. The lowest BCUT2D eigenvalue weighted by atomic mass is 9.79. The van der Waals surface area contributed by atoms with E-state index < -0.39 is 17.8 Å². The fraction of sp³-hybridized carbons (Fsp3) is 0.857. The fourth-order valence-electron chi connectivity index (χ4n) is 2.71. The molecule has 0 aromatic rings. The van der Waals surface area contributed by atoms with E-state index in [1.807, 2.05) is 19.0 Å². The molecule has 0 bridgehead atoms. The Balaban J connectivity index is 1.87. The van der Waals surface area contributed by atoms with E-state index >= 15 is 0 Å². The van der Waals surface area contributed by atoms with Gasteiger partial charge >= 0.3 is 12.2 Å². The van der Waals surface area contributed by atoms with Gasteiger partial charge in [0.25, 0.3) is 0 Å². The molecular formula is C14H24N2O4. The summed E-state index contributed by atoms with van der Waals surface area (Å²) in [7, 11) is 3.80. The van der Waals surface area contributed by atoms with Crippen LogP contribution in [0.15, 0.2) is 0 Å². The van der Waals surface area contributed by atoms with E-state index in [1.165, 1.54) is 0 Å². The standard InChI is InChI=1S/C14H24N2O4/c1-11-4-6-14(7-5-11)10-16(13(18)20-14)12(17)19-9-8-15(2)3/h11H,4-10H2,1-3H3. The molecule has 1 aliphatic carbocycles.